The maximum Gasteiger partial charge on any atom is 0.435 e. The molecule has 21 heteroatoms. The van der Waals surface area contributed by atoms with Crippen LogP contribution < -0.4 is 15.4 Å². The van der Waals surface area contributed by atoms with Crippen molar-refractivity contribution in [1.29, 1.82) is 0 Å². The number of benzene rings is 2. The van der Waals surface area contributed by atoms with Gasteiger partial charge in [0.05, 0.1) is 18.5 Å². The molecule has 1 aromatic heterocycles. The Kier molecular flexibility index (Phi) is 13.3. The van der Waals surface area contributed by atoms with Gasteiger partial charge in [-0.15, -0.1) is 11.8 Å². The maximum absolute atomic E-state index is 13.9. The summed E-state index contributed by atoms with van der Waals surface area (Å²) >= 11 is 7.17. The molecule has 2 aliphatic heterocycles. The molecule has 4 amide bonds. The number of hydrogen-bond acceptors (Lipinski definition) is 10. The number of ether oxygens (including phenoxy) is 1. The van der Waals surface area contributed by atoms with E-state index in [0.717, 1.165) is 14.7 Å². The fourth-order valence-corrected chi connectivity index (χ4v) is 6.88. The van der Waals surface area contributed by atoms with Crippen molar-refractivity contribution < 1.29 is 61.7 Å². The van der Waals surface area contributed by atoms with Crippen LogP contribution in [-0.4, -0.2) is 108 Å². The Hall–Kier alpha value is -5.63. The Labute approximate surface area is 325 Å². The first-order valence-electron chi connectivity index (χ1n) is 17.0. The number of nitrogens with one attached hydrogen (secondary N) is 2. The molecule has 0 spiro atoms. The maximum atomic E-state index is 13.9. The molecular weight excluding hydrogens is 789 g/mol. The zero-order valence-electron chi connectivity index (χ0n) is 29.2. The number of ketones is 1. The van der Waals surface area contributed by atoms with Gasteiger partial charge in [0.15, 0.2) is 18.1 Å². The van der Waals surface area contributed by atoms with Crippen molar-refractivity contribution in [3.05, 3.63) is 70.9 Å². The average Bonchev–Trinajstić information content (AvgIpc) is 3.55. The lowest BCUT2D eigenvalue weighted by molar-refractivity contribution is -0.176. The number of carbonyl (C=O) groups is 7. The summed E-state index contributed by atoms with van der Waals surface area (Å²) in [6.07, 6.45) is -5.93. The van der Waals surface area contributed by atoms with Crippen molar-refractivity contribution in [2.75, 3.05) is 18.9 Å². The van der Waals surface area contributed by atoms with Gasteiger partial charge in [0.1, 0.15) is 18.1 Å². The molecule has 56 heavy (non-hydrogen) atoms. The third-order valence-corrected chi connectivity index (χ3v) is 9.92. The number of carbonyl (C=O) groups excluding carboxylic acids is 5. The van der Waals surface area contributed by atoms with Gasteiger partial charge in [0.2, 0.25) is 17.7 Å². The highest BCUT2D eigenvalue weighted by Gasteiger charge is 2.45. The zero-order valence-corrected chi connectivity index (χ0v) is 30.7. The van der Waals surface area contributed by atoms with Crippen LogP contribution in [0.15, 0.2) is 59.5 Å². The second-order valence-electron chi connectivity index (χ2n) is 12.6. The number of aliphatic carboxylic acids is 2. The predicted octanol–water partition coefficient (Wildman–Crippen LogP) is 3.35. The summed E-state index contributed by atoms with van der Waals surface area (Å²) in [6.45, 7) is -0.939. The first-order valence-corrected chi connectivity index (χ1v) is 18.4. The van der Waals surface area contributed by atoms with Crippen molar-refractivity contribution in [2.24, 2.45) is 0 Å². The molecule has 2 unspecified atom stereocenters. The average molecular weight is 823 g/mol. The molecule has 4 N–H and O–H groups in total. The molecule has 0 aliphatic carbocycles. The Morgan fingerprint density at radius 3 is 2.34 bits per heavy atom. The molecule has 2 aromatic carbocycles. The Balaban J connectivity index is 1.29. The number of carboxylic acid groups (broad SMARTS) is 2. The van der Waals surface area contributed by atoms with E-state index < -0.39 is 90.3 Å². The summed E-state index contributed by atoms with van der Waals surface area (Å²) in [5, 5.41) is 29.1. The van der Waals surface area contributed by atoms with E-state index in [1.54, 1.807) is 12.1 Å². The standard InChI is InChI=1S/C35H34ClF3N6O10S/c36-20-5-7-21(8-6-20)44-29(17-27(42-44)35(37,38)39)55-18-26(46)24(16-31(50)51)41-33(53)25-2-1-14-43-28(47)12-11-23(34(54)45(25)43)40-32(52)19-3-9-22(10-4-19)56-15-13-30(48)49/h3-10,17,23-25H,1-2,11-16,18H2,(H,40,52)(H,41,53)(H,48,49)(H,50,51)/t23?,24-,25?/m0/s1. The number of thioether (sulfide) groups is 1. The number of Topliss-reactive ketones (excluding diaryl/α,β-unsaturated/α-hetero) is 1. The smallest absolute Gasteiger partial charge is 0.435 e. The van der Waals surface area contributed by atoms with E-state index >= 15 is 0 Å². The monoisotopic (exact) mass is 822 g/mol. The van der Waals surface area contributed by atoms with Crippen molar-refractivity contribution in [2.45, 2.75) is 67.7 Å². The Morgan fingerprint density at radius 1 is 1.00 bits per heavy atom. The van der Waals surface area contributed by atoms with Gasteiger partial charge in [-0.2, -0.15) is 18.3 Å². The first-order chi connectivity index (χ1) is 26.5. The molecule has 298 valence electrons. The number of aromatic nitrogens is 2. The van der Waals surface area contributed by atoms with Gasteiger partial charge in [-0.25, -0.2) is 9.69 Å². The number of rotatable bonds is 15. The molecule has 0 radical (unpaired) electrons. The van der Waals surface area contributed by atoms with Gasteiger partial charge in [0, 0.05) is 40.3 Å². The number of hydrogen-bond donors (Lipinski definition) is 4. The molecule has 5 rings (SSSR count). The fraction of sp³-hybridized carbons (Fsp3) is 0.371. The number of carboxylic acids is 2. The normalized spacial score (nSPS) is 17.7. The molecule has 2 saturated heterocycles. The molecule has 2 aliphatic rings. The van der Waals surface area contributed by atoms with Crippen LogP contribution in [0.5, 0.6) is 5.88 Å². The van der Waals surface area contributed by atoms with E-state index in [9.17, 15) is 51.8 Å². The van der Waals surface area contributed by atoms with Crippen LogP contribution in [0.4, 0.5) is 13.2 Å². The van der Waals surface area contributed by atoms with Crippen LogP contribution in [0, 0.1) is 0 Å². The Bertz CT molecular complexity index is 2000. The lowest BCUT2D eigenvalue weighted by atomic mass is 10.0. The van der Waals surface area contributed by atoms with Crippen LogP contribution >= 0.6 is 23.4 Å². The molecule has 2 fully saturated rings. The van der Waals surface area contributed by atoms with Crippen LogP contribution in [0.1, 0.15) is 54.6 Å². The van der Waals surface area contributed by atoms with Crippen molar-refractivity contribution in [3.63, 3.8) is 0 Å². The SMILES string of the molecule is O=C(O)CCSc1ccc(C(=O)NC2CCC(=O)N3CCCC(C(=O)N[C@@H](CC(=O)O)C(=O)COc4cc(C(F)(F)F)nn4-c4ccc(Cl)cc4)N3C2=O)cc1. The summed E-state index contributed by atoms with van der Waals surface area (Å²) in [6, 6.07) is 7.76. The highest BCUT2D eigenvalue weighted by Crippen LogP contribution is 2.33. The molecule has 0 saturated carbocycles. The molecule has 16 nitrogen and oxygen atoms in total. The van der Waals surface area contributed by atoms with Gasteiger partial charge >= 0.3 is 18.1 Å². The second kappa shape index (κ2) is 17.9. The summed E-state index contributed by atoms with van der Waals surface area (Å²) in [7, 11) is 0. The number of alkyl halides is 3. The third-order valence-electron chi connectivity index (χ3n) is 8.66. The van der Waals surface area contributed by atoms with Crippen molar-refractivity contribution in [1.82, 2.24) is 30.4 Å². The predicted molar refractivity (Wildman–Crippen MR) is 190 cm³/mol. The van der Waals surface area contributed by atoms with Gasteiger partial charge in [0.25, 0.3) is 11.8 Å². The highest BCUT2D eigenvalue weighted by molar-refractivity contribution is 7.99. The van der Waals surface area contributed by atoms with E-state index in [2.05, 4.69) is 15.7 Å². The van der Waals surface area contributed by atoms with Gasteiger partial charge < -0.3 is 25.6 Å². The largest absolute Gasteiger partial charge is 0.481 e. The lowest BCUT2D eigenvalue weighted by Gasteiger charge is -2.43. The summed E-state index contributed by atoms with van der Waals surface area (Å²) < 4.78 is 46.8. The minimum absolute atomic E-state index is 0.00595. The van der Waals surface area contributed by atoms with E-state index in [-0.39, 0.29) is 54.9 Å². The number of halogens is 4. The third kappa shape index (κ3) is 10.4. The molecule has 3 aromatic rings. The van der Waals surface area contributed by atoms with E-state index in [0.29, 0.717) is 16.7 Å². The fourth-order valence-electron chi connectivity index (χ4n) is 5.91. The van der Waals surface area contributed by atoms with Gasteiger partial charge in [-0.05, 0) is 67.8 Å². The molecular formula is C35H34ClF3N6O10S. The second-order valence-corrected chi connectivity index (χ2v) is 14.2. The quantitative estimate of drug-likeness (QED) is 0.162. The first kappa shape index (κ1) is 41.5. The van der Waals surface area contributed by atoms with Crippen molar-refractivity contribution in [3.8, 4) is 11.6 Å². The number of amides is 4. The van der Waals surface area contributed by atoms with Crippen LogP contribution in [0.2, 0.25) is 5.02 Å². The van der Waals surface area contributed by atoms with Gasteiger partial charge in [-0.3, -0.25) is 38.6 Å². The van der Waals surface area contributed by atoms with Gasteiger partial charge in [-0.1, -0.05) is 11.6 Å². The van der Waals surface area contributed by atoms with Crippen LogP contribution in [-0.2, 0) is 34.9 Å². The van der Waals surface area contributed by atoms with E-state index in [1.165, 1.54) is 48.2 Å². The summed E-state index contributed by atoms with van der Waals surface area (Å²) in [4.78, 5) is 90.6. The zero-order chi connectivity index (χ0) is 40.7. The van der Waals surface area contributed by atoms with Crippen molar-refractivity contribution >= 4 is 64.7 Å². The summed E-state index contributed by atoms with van der Waals surface area (Å²) in [5.41, 5.74) is -1.08. The van der Waals surface area contributed by atoms with E-state index in [4.69, 9.17) is 21.4 Å². The van der Waals surface area contributed by atoms with E-state index in [1.807, 2.05) is 0 Å². The molecule has 3 heterocycles. The number of hydrazine groups is 1. The summed E-state index contributed by atoms with van der Waals surface area (Å²) in [5.74, 6) is -6.69. The minimum atomic E-state index is -4.89. The number of nitrogens with zero attached hydrogens (tertiary/aromatic N) is 4. The molecule has 0 bridgehead atoms. The van der Waals surface area contributed by atoms with Crippen LogP contribution in [0.3, 0.4) is 0 Å². The van der Waals surface area contributed by atoms with Crippen LogP contribution in [0.25, 0.3) is 5.69 Å². The Morgan fingerprint density at radius 2 is 1.70 bits per heavy atom. The number of fused-ring (bicyclic) bond motifs is 1. The highest BCUT2D eigenvalue weighted by atomic mass is 35.5. The minimum Gasteiger partial charge on any atom is -0.481 e. The topological polar surface area (TPSA) is 218 Å². The molecule has 3 atom stereocenters. The lowest BCUT2D eigenvalue weighted by Crippen LogP contribution is -2.64.